The van der Waals surface area contributed by atoms with Crippen LogP contribution in [0.2, 0.25) is 15.1 Å². The van der Waals surface area contributed by atoms with Crippen molar-refractivity contribution in [3.63, 3.8) is 0 Å². The van der Waals surface area contributed by atoms with Crippen molar-refractivity contribution < 1.29 is 4.74 Å². The molecule has 9 heteroatoms. The van der Waals surface area contributed by atoms with Crippen LogP contribution in [0.3, 0.4) is 0 Å². The molecule has 2 aromatic heterocycles. The molecule has 0 spiro atoms. The van der Waals surface area contributed by atoms with Crippen LogP contribution in [-0.4, -0.2) is 26.7 Å². The number of fused-ring (bicyclic) bond motifs is 3. The fourth-order valence-corrected chi connectivity index (χ4v) is 3.09. The molecule has 0 aliphatic carbocycles. The summed E-state index contributed by atoms with van der Waals surface area (Å²) in [5, 5.41) is 12.6. The van der Waals surface area contributed by atoms with E-state index in [9.17, 15) is 0 Å². The van der Waals surface area contributed by atoms with E-state index in [2.05, 4.69) is 20.5 Å². The first-order chi connectivity index (χ1) is 12.1. The van der Waals surface area contributed by atoms with E-state index in [-0.39, 0.29) is 0 Å². The van der Waals surface area contributed by atoms with Gasteiger partial charge in [0.1, 0.15) is 12.1 Å². The van der Waals surface area contributed by atoms with Crippen LogP contribution in [0.25, 0.3) is 16.7 Å². The molecule has 0 amide bonds. The van der Waals surface area contributed by atoms with Gasteiger partial charge in [-0.3, -0.25) is 4.40 Å². The van der Waals surface area contributed by atoms with Gasteiger partial charge in [0.15, 0.2) is 5.82 Å². The molecule has 0 radical (unpaired) electrons. The van der Waals surface area contributed by atoms with Gasteiger partial charge in [0.25, 0.3) is 0 Å². The molecule has 0 saturated heterocycles. The monoisotopic (exact) mass is 393 g/mol. The van der Waals surface area contributed by atoms with Gasteiger partial charge in [-0.05, 0) is 30.3 Å². The fourth-order valence-electron chi connectivity index (χ4n) is 2.52. The first kappa shape index (κ1) is 16.2. The van der Waals surface area contributed by atoms with Gasteiger partial charge in [-0.15, -0.1) is 10.2 Å². The van der Waals surface area contributed by atoms with E-state index >= 15 is 0 Å². The Kier molecular flexibility index (Phi) is 4.03. The first-order valence-corrected chi connectivity index (χ1v) is 8.29. The molecule has 2 heterocycles. The Morgan fingerprint density at radius 2 is 1.84 bits per heavy atom. The van der Waals surface area contributed by atoms with Crippen molar-refractivity contribution in [2.24, 2.45) is 0 Å². The van der Waals surface area contributed by atoms with E-state index in [0.29, 0.717) is 37.8 Å². The molecule has 6 nitrogen and oxygen atoms in total. The Bertz CT molecular complexity index is 1110. The molecule has 0 fully saturated rings. The van der Waals surface area contributed by atoms with Gasteiger partial charge < -0.3 is 10.1 Å². The molecule has 4 rings (SSSR count). The number of hydrogen-bond donors (Lipinski definition) is 1. The summed E-state index contributed by atoms with van der Waals surface area (Å²) >= 11 is 18.4. The van der Waals surface area contributed by atoms with Crippen molar-refractivity contribution in [3.8, 4) is 5.75 Å². The molecule has 0 aliphatic rings. The van der Waals surface area contributed by atoms with E-state index in [4.69, 9.17) is 39.5 Å². The summed E-state index contributed by atoms with van der Waals surface area (Å²) in [6.45, 7) is 0. The second kappa shape index (κ2) is 6.22. The molecule has 1 N–H and O–H groups in total. The topological polar surface area (TPSA) is 64.3 Å². The van der Waals surface area contributed by atoms with E-state index in [1.807, 2.05) is 6.07 Å². The van der Waals surface area contributed by atoms with Crippen LogP contribution in [0.1, 0.15) is 0 Å². The maximum atomic E-state index is 6.18. The molecule has 0 atom stereocenters. The highest BCUT2D eigenvalue weighted by Crippen LogP contribution is 2.32. The minimum Gasteiger partial charge on any atom is -0.495 e. The quantitative estimate of drug-likeness (QED) is 0.530. The number of nitrogens with one attached hydrogen (secondary N) is 1. The van der Waals surface area contributed by atoms with Crippen LogP contribution in [-0.2, 0) is 0 Å². The molecule has 0 aliphatic heterocycles. The number of aromatic nitrogens is 4. The van der Waals surface area contributed by atoms with Crippen molar-refractivity contribution in [3.05, 3.63) is 51.7 Å². The van der Waals surface area contributed by atoms with Gasteiger partial charge in [-0.1, -0.05) is 34.8 Å². The summed E-state index contributed by atoms with van der Waals surface area (Å²) < 4.78 is 6.95. The highest BCUT2D eigenvalue weighted by molar-refractivity contribution is 6.42. The highest BCUT2D eigenvalue weighted by Gasteiger charge is 2.13. The number of nitrogens with zero attached hydrogens (tertiary/aromatic N) is 4. The Hall–Kier alpha value is -2.28. The van der Waals surface area contributed by atoms with Gasteiger partial charge in [0, 0.05) is 5.69 Å². The molecule has 4 aromatic rings. The number of rotatable bonds is 3. The first-order valence-electron chi connectivity index (χ1n) is 7.16. The average Bonchev–Trinajstić information content (AvgIpc) is 3.07. The molecule has 0 unspecified atom stereocenters. The maximum Gasteiger partial charge on any atom is 0.204 e. The van der Waals surface area contributed by atoms with E-state index < -0.39 is 0 Å². The van der Waals surface area contributed by atoms with E-state index in [0.717, 1.165) is 11.2 Å². The Labute approximate surface area is 157 Å². The minimum absolute atomic E-state index is 0.424. The predicted molar refractivity (Wildman–Crippen MR) is 99.6 cm³/mol. The minimum atomic E-state index is 0.424. The third-order valence-electron chi connectivity index (χ3n) is 3.68. The van der Waals surface area contributed by atoms with Gasteiger partial charge in [-0.25, -0.2) is 4.98 Å². The third-order valence-corrected chi connectivity index (χ3v) is 4.70. The van der Waals surface area contributed by atoms with Crippen LogP contribution >= 0.6 is 34.8 Å². The molecular weight excluding hydrogens is 385 g/mol. The van der Waals surface area contributed by atoms with Crippen LogP contribution in [0.5, 0.6) is 5.75 Å². The van der Waals surface area contributed by atoms with Gasteiger partial charge in [-0.2, -0.15) is 0 Å². The number of halogens is 3. The second-order valence-corrected chi connectivity index (χ2v) is 6.44. The normalized spacial score (nSPS) is 11.2. The fraction of sp³-hybridized carbons (Fsp3) is 0.0625. The highest BCUT2D eigenvalue weighted by atomic mass is 35.5. The Morgan fingerprint density at radius 1 is 1.04 bits per heavy atom. The summed E-state index contributed by atoms with van der Waals surface area (Å²) in [5.41, 5.74) is 2.71. The van der Waals surface area contributed by atoms with Crippen molar-refractivity contribution in [1.29, 1.82) is 0 Å². The van der Waals surface area contributed by atoms with Crippen LogP contribution in [0, 0.1) is 0 Å². The van der Waals surface area contributed by atoms with Crippen molar-refractivity contribution >= 4 is 63.0 Å². The Balaban J connectivity index is 1.87. The lowest BCUT2D eigenvalue weighted by Gasteiger charge is -2.11. The molecular formula is C16H10Cl3N5O. The molecule has 126 valence electrons. The number of ether oxygens (including phenoxy) is 1. The van der Waals surface area contributed by atoms with Gasteiger partial charge in [0.2, 0.25) is 5.65 Å². The van der Waals surface area contributed by atoms with E-state index in [1.54, 1.807) is 42.1 Å². The van der Waals surface area contributed by atoms with Crippen LogP contribution < -0.4 is 10.1 Å². The lowest BCUT2D eigenvalue weighted by Crippen LogP contribution is -2.00. The standard InChI is InChI=1S/C16H10Cl3N5O/c1-25-14-3-2-8(4-11(14)19)21-15-16-23-20-7-24(16)13-6-10(18)9(17)5-12(13)22-15/h2-7H,1H3,(H,21,22). The lowest BCUT2D eigenvalue weighted by molar-refractivity contribution is 0.415. The number of methoxy groups -OCH3 is 1. The zero-order valence-electron chi connectivity index (χ0n) is 12.8. The molecule has 2 aromatic carbocycles. The Morgan fingerprint density at radius 3 is 2.60 bits per heavy atom. The van der Waals surface area contributed by atoms with Gasteiger partial charge in [0.05, 0.1) is 33.2 Å². The zero-order valence-corrected chi connectivity index (χ0v) is 15.1. The maximum absolute atomic E-state index is 6.18. The summed E-state index contributed by atoms with van der Waals surface area (Å²) in [4.78, 5) is 4.59. The summed E-state index contributed by atoms with van der Waals surface area (Å²) in [6, 6.07) is 8.77. The largest absolute Gasteiger partial charge is 0.495 e. The average molecular weight is 395 g/mol. The lowest BCUT2D eigenvalue weighted by atomic mass is 10.2. The van der Waals surface area contributed by atoms with Crippen molar-refractivity contribution in [2.45, 2.75) is 0 Å². The van der Waals surface area contributed by atoms with Gasteiger partial charge >= 0.3 is 0 Å². The smallest absolute Gasteiger partial charge is 0.204 e. The summed E-state index contributed by atoms with van der Waals surface area (Å²) in [6.07, 6.45) is 1.59. The molecule has 0 bridgehead atoms. The summed E-state index contributed by atoms with van der Waals surface area (Å²) in [5.74, 6) is 1.11. The van der Waals surface area contributed by atoms with Crippen LogP contribution in [0.4, 0.5) is 11.5 Å². The third kappa shape index (κ3) is 2.82. The molecule has 0 saturated carbocycles. The number of hydrogen-bond acceptors (Lipinski definition) is 5. The van der Waals surface area contributed by atoms with Crippen molar-refractivity contribution in [1.82, 2.24) is 19.6 Å². The number of benzene rings is 2. The predicted octanol–water partition coefficient (Wildman–Crippen LogP) is 4.99. The summed E-state index contributed by atoms with van der Waals surface area (Å²) in [7, 11) is 1.56. The van der Waals surface area contributed by atoms with E-state index in [1.165, 1.54) is 0 Å². The van der Waals surface area contributed by atoms with Crippen molar-refractivity contribution in [2.75, 3.05) is 12.4 Å². The number of anilines is 2. The van der Waals surface area contributed by atoms with Crippen LogP contribution in [0.15, 0.2) is 36.7 Å². The zero-order chi connectivity index (χ0) is 17.6. The molecule has 25 heavy (non-hydrogen) atoms. The second-order valence-electron chi connectivity index (χ2n) is 5.21. The SMILES string of the molecule is COc1ccc(Nc2nc3cc(Cl)c(Cl)cc3n3cnnc23)cc1Cl.